The SMILES string of the molecule is CN=C(NCCC1=CCCCC1)N(C)Cc1csc(C(C)OC)n1.I. The molecule has 7 heteroatoms. The van der Waals surface area contributed by atoms with Crippen molar-refractivity contribution in [3.63, 3.8) is 0 Å². The number of thiazole rings is 1. The van der Waals surface area contributed by atoms with Crippen LogP contribution in [0.25, 0.3) is 0 Å². The Bertz CT molecular complexity index is 573. The molecule has 0 spiro atoms. The van der Waals surface area contributed by atoms with Gasteiger partial charge in [-0.15, -0.1) is 35.3 Å². The van der Waals surface area contributed by atoms with E-state index in [9.17, 15) is 0 Å². The Morgan fingerprint density at radius 2 is 2.28 bits per heavy atom. The summed E-state index contributed by atoms with van der Waals surface area (Å²) in [5, 5.41) is 6.58. The van der Waals surface area contributed by atoms with Crippen molar-refractivity contribution in [1.82, 2.24) is 15.2 Å². The Hall–Kier alpha value is -0.670. The van der Waals surface area contributed by atoms with Gasteiger partial charge in [-0.25, -0.2) is 4.98 Å². The van der Waals surface area contributed by atoms with Crippen LogP contribution in [0.3, 0.4) is 0 Å². The third kappa shape index (κ3) is 7.22. The zero-order valence-electron chi connectivity index (χ0n) is 15.7. The van der Waals surface area contributed by atoms with E-state index in [1.807, 2.05) is 21.0 Å². The molecule has 142 valence electrons. The summed E-state index contributed by atoms with van der Waals surface area (Å²) in [5.74, 6) is 0.917. The number of hydrogen-bond acceptors (Lipinski definition) is 4. The van der Waals surface area contributed by atoms with E-state index in [2.05, 4.69) is 31.6 Å². The number of aromatic nitrogens is 1. The lowest BCUT2D eigenvalue weighted by Gasteiger charge is -2.22. The molecule has 0 amide bonds. The van der Waals surface area contributed by atoms with Gasteiger partial charge in [0.15, 0.2) is 5.96 Å². The lowest BCUT2D eigenvalue weighted by molar-refractivity contribution is 0.119. The minimum absolute atomic E-state index is 0. The fourth-order valence-electron chi connectivity index (χ4n) is 2.85. The Morgan fingerprint density at radius 1 is 1.48 bits per heavy atom. The van der Waals surface area contributed by atoms with Crippen molar-refractivity contribution in [2.45, 2.75) is 51.7 Å². The van der Waals surface area contributed by atoms with Gasteiger partial charge in [0.05, 0.1) is 12.2 Å². The van der Waals surface area contributed by atoms with E-state index in [0.29, 0.717) is 0 Å². The predicted molar refractivity (Wildman–Crippen MR) is 117 cm³/mol. The smallest absolute Gasteiger partial charge is 0.193 e. The normalized spacial score (nSPS) is 16.0. The maximum absolute atomic E-state index is 5.33. The molecule has 0 aliphatic heterocycles. The largest absolute Gasteiger partial charge is 0.375 e. The minimum atomic E-state index is 0. The average molecular weight is 478 g/mol. The summed E-state index contributed by atoms with van der Waals surface area (Å²) in [6, 6.07) is 0. The van der Waals surface area contributed by atoms with Gasteiger partial charge in [0.2, 0.25) is 0 Å². The number of ether oxygens (including phenoxy) is 1. The lowest BCUT2D eigenvalue weighted by atomic mass is 9.97. The Morgan fingerprint density at radius 3 is 2.92 bits per heavy atom. The molecule has 0 radical (unpaired) electrons. The van der Waals surface area contributed by atoms with Crippen molar-refractivity contribution in [2.75, 3.05) is 27.7 Å². The molecule has 1 aliphatic carbocycles. The van der Waals surface area contributed by atoms with Crippen molar-refractivity contribution in [2.24, 2.45) is 4.99 Å². The van der Waals surface area contributed by atoms with Crippen LogP contribution in [0.1, 0.15) is 55.8 Å². The number of nitrogens with one attached hydrogen (secondary N) is 1. The highest BCUT2D eigenvalue weighted by Gasteiger charge is 2.12. The van der Waals surface area contributed by atoms with Crippen LogP contribution in [-0.4, -0.2) is 43.6 Å². The second-order valence-electron chi connectivity index (χ2n) is 6.24. The fourth-order valence-corrected chi connectivity index (χ4v) is 3.69. The first-order valence-corrected chi connectivity index (χ1v) is 9.58. The van der Waals surface area contributed by atoms with Crippen molar-refractivity contribution >= 4 is 41.3 Å². The van der Waals surface area contributed by atoms with Gasteiger partial charge in [-0.05, 0) is 39.0 Å². The molecular formula is C18H31IN4OS. The molecule has 1 heterocycles. The van der Waals surface area contributed by atoms with Gasteiger partial charge < -0.3 is 15.0 Å². The topological polar surface area (TPSA) is 49.8 Å². The number of methoxy groups -OCH3 is 1. The van der Waals surface area contributed by atoms with Crippen molar-refractivity contribution in [3.8, 4) is 0 Å². The summed E-state index contributed by atoms with van der Waals surface area (Å²) in [6.45, 7) is 3.70. The van der Waals surface area contributed by atoms with Crippen molar-refractivity contribution in [1.29, 1.82) is 0 Å². The predicted octanol–water partition coefficient (Wildman–Crippen LogP) is 4.37. The molecule has 25 heavy (non-hydrogen) atoms. The lowest BCUT2D eigenvalue weighted by Crippen LogP contribution is -2.39. The number of rotatable bonds is 7. The standard InChI is InChI=1S/C18H30N4OS.HI/c1-14(23-4)17-21-16(13-24-17)12-22(3)18(19-2)20-11-10-15-8-6-5-7-9-15;/h8,13-14H,5-7,9-12H2,1-4H3,(H,19,20);1H. The zero-order valence-corrected chi connectivity index (χ0v) is 18.9. The molecule has 1 aromatic rings. The van der Waals surface area contributed by atoms with Gasteiger partial charge in [-0.3, -0.25) is 4.99 Å². The molecule has 0 bridgehead atoms. The summed E-state index contributed by atoms with van der Waals surface area (Å²) in [4.78, 5) is 11.2. The molecule has 2 rings (SSSR count). The molecule has 0 saturated carbocycles. The van der Waals surface area contributed by atoms with Crippen LogP contribution < -0.4 is 5.32 Å². The number of halogens is 1. The Balaban J connectivity index is 0.00000312. The highest BCUT2D eigenvalue weighted by atomic mass is 127. The van der Waals surface area contributed by atoms with E-state index in [1.54, 1.807) is 24.0 Å². The highest BCUT2D eigenvalue weighted by Crippen LogP contribution is 2.21. The first kappa shape index (κ1) is 22.4. The summed E-state index contributed by atoms with van der Waals surface area (Å²) >= 11 is 1.65. The molecule has 5 nitrogen and oxygen atoms in total. The van der Waals surface area contributed by atoms with Crippen LogP contribution in [0.2, 0.25) is 0 Å². The van der Waals surface area contributed by atoms with Crippen LogP contribution in [0.5, 0.6) is 0 Å². The maximum Gasteiger partial charge on any atom is 0.193 e. The fraction of sp³-hybridized carbons (Fsp3) is 0.667. The van der Waals surface area contributed by atoms with Crippen LogP contribution in [-0.2, 0) is 11.3 Å². The summed E-state index contributed by atoms with van der Waals surface area (Å²) in [7, 11) is 5.59. The van der Waals surface area contributed by atoms with Gasteiger partial charge in [0.1, 0.15) is 11.1 Å². The zero-order chi connectivity index (χ0) is 17.4. The van der Waals surface area contributed by atoms with Crippen LogP contribution in [0, 0.1) is 0 Å². The molecule has 0 aromatic carbocycles. The number of guanidine groups is 1. The van der Waals surface area contributed by atoms with Crippen molar-refractivity contribution in [3.05, 3.63) is 27.7 Å². The first-order valence-electron chi connectivity index (χ1n) is 8.70. The second-order valence-corrected chi connectivity index (χ2v) is 7.13. The minimum Gasteiger partial charge on any atom is -0.375 e. The van der Waals surface area contributed by atoms with E-state index < -0.39 is 0 Å². The molecule has 1 unspecified atom stereocenters. The molecule has 0 fully saturated rings. The van der Waals surface area contributed by atoms with E-state index >= 15 is 0 Å². The van der Waals surface area contributed by atoms with Crippen molar-refractivity contribution < 1.29 is 4.74 Å². The third-order valence-electron chi connectivity index (χ3n) is 4.36. The van der Waals surface area contributed by atoms with E-state index in [1.165, 1.54) is 25.7 Å². The van der Waals surface area contributed by atoms with Gasteiger partial charge in [0, 0.05) is 33.1 Å². The molecule has 1 aromatic heterocycles. The molecule has 0 saturated heterocycles. The third-order valence-corrected chi connectivity index (χ3v) is 5.41. The Labute approximate surface area is 173 Å². The molecule has 1 aliphatic rings. The van der Waals surface area contributed by atoms with Crippen LogP contribution in [0.4, 0.5) is 0 Å². The maximum atomic E-state index is 5.33. The van der Waals surface area contributed by atoms with E-state index in [4.69, 9.17) is 4.74 Å². The summed E-state index contributed by atoms with van der Waals surface area (Å²) < 4.78 is 5.33. The first-order chi connectivity index (χ1) is 11.6. The quantitative estimate of drug-likeness (QED) is 0.274. The molecule has 1 atom stereocenters. The Kier molecular flexibility index (Phi) is 10.6. The van der Waals surface area contributed by atoms with Gasteiger partial charge in [0.25, 0.3) is 0 Å². The number of aliphatic imine (C=N–C) groups is 1. The summed E-state index contributed by atoms with van der Waals surface area (Å²) in [5.41, 5.74) is 2.64. The average Bonchev–Trinajstić information content (AvgIpc) is 3.07. The van der Waals surface area contributed by atoms with Crippen LogP contribution >= 0.6 is 35.3 Å². The van der Waals surface area contributed by atoms with E-state index in [-0.39, 0.29) is 30.1 Å². The molecular weight excluding hydrogens is 447 g/mol. The number of hydrogen-bond donors (Lipinski definition) is 1. The number of allylic oxidation sites excluding steroid dienone is 1. The highest BCUT2D eigenvalue weighted by molar-refractivity contribution is 14.0. The van der Waals surface area contributed by atoms with E-state index in [0.717, 1.165) is 36.2 Å². The van der Waals surface area contributed by atoms with Gasteiger partial charge in [-0.1, -0.05) is 11.6 Å². The van der Waals surface area contributed by atoms with Crippen LogP contribution in [0.15, 0.2) is 22.0 Å². The summed E-state index contributed by atoms with van der Waals surface area (Å²) in [6.07, 6.45) is 8.76. The van der Waals surface area contributed by atoms with Gasteiger partial charge in [-0.2, -0.15) is 0 Å². The number of nitrogens with zero attached hydrogens (tertiary/aromatic N) is 3. The monoisotopic (exact) mass is 478 g/mol. The molecule has 1 N–H and O–H groups in total. The van der Waals surface area contributed by atoms with Gasteiger partial charge >= 0.3 is 0 Å². The second kappa shape index (κ2) is 11.9.